The molecule has 0 bridgehead atoms. The first-order valence-corrected chi connectivity index (χ1v) is 7.14. The monoisotopic (exact) mass is 279 g/mol. The Bertz CT molecular complexity index is 459. The number of pyridine rings is 1. The summed E-state index contributed by atoms with van der Waals surface area (Å²) in [4.78, 5) is 14.6. The predicted octanol–water partition coefficient (Wildman–Crippen LogP) is 3.38. The average Bonchev–Trinajstić information content (AvgIpc) is 2.96. The molecule has 0 aromatic carbocycles. The zero-order valence-corrected chi connectivity index (χ0v) is 11.8. The van der Waals surface area contributed by atoms with E-state index in [2.05, 4.69) is 10.3 Å². The second kappa shape index (κ2) is 7.07. The topological polar surface area (TPSA) is 77.3 Å². The summed E-state index contributed by atoms with van der Waals surface area (Å²) in [6.45, 7) is 0.706. The third-order valence-corrected chi connectivity index (χ3v) is 3.81. The van der Waals surface area contributed by atoms with Crippen molar-refractivity contribution >= 4 is 11.5 Å². The van der Waals surface area contributed by atoms with Gasteiger partial charge in [-0.05, 0) is 18.8 Å². The molecule has 0 atom stereocenters. The average molecular weight is 279 g/mol. The lowest BCUT2D eigenvalue weighted by atomic mass is 10.0. The first-order valence-electron chi connectivity index (χ1n) is 7.14. The molecule has 6 nitrogen and oxygen atoms in total. The van der Waals surface area contributed by atoms with Crippen molar-refractivity contribution in [3.8, 4) is 5.88 Å². The molecule has 0 amide bonds. The van der Waals surface area contributed by atoms with Crippen molar-refractivity contribution in [2.24, 2.45) is 5.92 Å². The summed E-state index contributed by atoms with van der Waals surface area (Å²) in [5, 5.41) is 14.0. The molecule has 0 aliphatic heterocycles. The fourth-order valence-corrected chi connectivity index (χ4v) is 2.72. The van der Waals surface area contributed by atoms with E-state index in [1.165, 1.54) is 51.3 Å². The Hall–Kier alpha value is -1.85. The van der Waals surface area contributed by atoms with Gasteiger partial charge in [-0.25, -0.2) is 0 Å². The summed E-state index contributed by atoms with van der Waals surface area (Å²) in [5.41, 5.74) is -0.00772. The number of aromatic nitrogens is 1. The largest absolute Gasteiger partial charge is 0.481 e. The van der Waals surface area contributed by atoms with Crippen LogP contribution in [0.4, 0.5) is 11.5 Å². The highest BCUT2D eigenvalue weighted by Gasteiger charge is 2.17. The molecular weight excluding hydrogens is 258 g/mol. The van der Waals surface area contributed by atoms with Crippen LogP contribution in [0.25, 0.3) is 0 Å². The van der Waals surface area contributed by atoms with E-state index < -0.39 is 4.92 Å². The molecule has 1 aliphatic carbocycles. The Kier molecular flexibility index (Phi) is 5.15. The highest BCUT2D eigenvalue weighted by atomic mass is 16.6. The fourth-order valence-electron chi connectivity index (χ4n) is 2.72. The van der Waals surface area contributed by atoms with Crippen molar-refractivity contribution in [1.82, 2.24) is 4.98 Å². The number of ether oxygens (including phenoxy) is 1. The molecule has 0 spiro atoms. The van der Waals surface area contributed by atoms with E-state index in [1.807, 2.05) is 0 Å². The third-order valence-electron chi connectivity index (χ3n) is 3.81. The van der Waals surface area contributed by atoms with Crippen LogP contribution in [-0.2, 0) is 0 Å². The van der Waals surface area contributed by atoms with E-state index in [0.29, 0.717) is 18.2 Å². The lowest BCUT2D eigenvalue weighted by Gasteiger charge is -2.10. The van der Waals surface area contributed by atoms with Crippen LogP contribution in [0.1, 0.15) is 38.5 Å². The lowest BCUT2D eigenvalue weighted by Crippen LogP contribution is -2.08. The van der Waals surface area contributed by atoms with Gasteiger partial charge >= 0.3 is 5.69 Å². The number of nitrogens with zero attached hydrogens (tertiary/aromatic N) is 2. The van der Waals surface area contributed by atoms with Crippen LogP contribution in [0.2, 0.25) is 0 Å². The molecule has 1 N–H and O–H groups in total. The zero-order chi connectivity index (χ0) is 14.4. The van der Waals surface area contributed by atoms with Gasteiger partial charge in [-0.1, -0.05) is 25.7 Å². The molecule has 2 rings (SSSR count). The second-order valence-electron chi connectivity index (χ2n) is 5.20. The Labute approximate surface area is 118 Å². The van der Waals surface area contributed by atoms with Crippen molar-refractivity contribution in [2.75, 3.05) is 19.0 Å². The predicted molar refractivity (Wildman–Crippen MR) is 77.1 cm³/mol. The van der Waals surface area contributed by atoms with Crippen molar-refractivity contribution in [3.63, 3.8) is 0 Å². The maximum atomic E-state index is 10.9. The van der Waals surface area contributed by atoms with Gasteiger partial charge in [-0.3, -0.25) is 10.1 Å². The van der Waals surface area contributed by atoms with Crippen LogP contribution in [0.5, 0.6) is 5.88 Å². The molecular formula is C14H21N3O3. The van der Waals surface area contributed by atoms with Gasteiger partial charge in [0.25, 0.3) is 0 Å². The Balaban J connectivity index is 1.88. The molecule has 20 heavy (non-hydrogen) atoms. The van der Waals surface area contributed by atoms with Gasteiger partial charge < -0.3 is 10.1 Å². The number of anilines is 1. The standard InChI is InChI=1S/C14H21N3O3/c1-20-13-9-8-12(17(18)19)14(16-13)15-10-4-7-11-5-2-3-6-11/h8-9,11H,2-7,10H2,1H3,(H,15,16). The third kappa shape index (κ3) is 3.82. The van der Waals surface area contributed by atoms with Crippen molar-refractivity contribution < 1.29 is 9.66 Å². The van der Waals surface area contributed by atoms with Gasteiger partial charge in [0, 0.05) is 18.7 Å². The number of nitrogens with one attached hydrogen (secondary N) is 1. The molecule has 1 saturated carbocycles. The molecule has 110 valence electrons. The van der Waals surface area contributed by atoms with Crippen LogP contribution < -0.4 is 10.1 Å². The molecule has 0 unspecified atom stereocenters. The molecule has 0 radical (unpaired) electrons. The Morgan fingerprint density at radius 1 is 1.45 bits per heavy atom. The Morgan fingerprint density at radius 3 is 2.85 bits per heavy atom. The van der Waals surface area contributed by atoms with E-state index >= 15 is 0 Å². The first kappa shape index (κ1) is 14.6. The highest BCUT2D eigenvalue weighted by molar-refractivity contribution is 5.56. The van der Waals surface area contributed by atoms with Crippen LogP contribution in [0.15, 0.2) is 12.1 Å². The van der Waals surface area contributed by atoms with E-state index in [4.69, 9.17) is 4.74 Å². The summed E-state index contributed by atoms with van der Waals surface area (Å²) in [6.07, 6.45) is 7.56. The molecule has 1 heterocycles. The van der Waals surface area contributed by atoms with Crippen molar-refractivity contribution in [3.05, 3.63) is 22.2 Å². The Morgan fingerprint density at radius 2 is 2.20 bits per heavy atom. The molecule has 0 saturated heterocycles. The lowest BCUT2D eigenvalue weighted by molar-refractivity contribution is -0.384. The fraction of sp³-hybridized carbons (Fsp3) is 0.643. The summed E-state index contributed by atoms with van der Waals surface area (Å²) >= 11 is 0. The minimum absolute atomic E-state index is 0.00772. The molecule has 1 aromatic heterocycles. The molecule has 1 fully saturated rings. The van der Waals surface area contributed by atoms with E-state index in [9.17, 15) is 10.1 Å². The van der Waals surface area contributed by atoms with Crippen LogP contribution >= 0.6 is 0 Å². The quantitative estimate of drug-likeness (QED) is 0.470. The second-order valence-corrected chi connectivity index (χ2v) is 5.20. The molecule has 1 aliphatic rings. The SMILES string of the molecule is COc1ccc([N+](=O)[O-])c(NCCCC2CCCC2)n1. The zero-order valence-electron chi connectivity index (χ0n) is 11.8. The van der Waals surface area contributed by atoms with Crippen molar-refractivity contribution in [2.45, 2.75) is 38.5 Å². The van der Waals surface area contributed by atoms with E-state index in [-0.39, 0.29) is 5.69 Å². The number of hydrogen-bond donors (Lipinski definition) is 1. The number of nitro groups is 1. The maximum absolute atomic E-state index is 10.9. The number of rotatable bonds is 7. The maximum Gasteiger partial charge on any atom is 0.311 e. The van der Waals surface area contributed by atoms with Crippen LogP contribution in [0.3, 0.4) is 0 Å². The van der Waals surface area contributed by atoms with E-state index in [1.54, 1.807) is 0 Å². The summed E-state index contributed by atoms with van der Waals surface area (Å²) in [5.74, 6) is 1.51. The van der Waals surface area contributed by atoms with E-state index in [0.717, 1.165) is 12.3 Å². The van der Waals surface area contributed by atoms with Gasteiger partial charge in [-0.15, -0.1) is 0 Å². The summed E-state index contributed by atoms with van der Waals surface area (Å²) < 4.78 is 5.00. The van der Waals surface area contributed by atoms with Gasteiger partial charge in [0.1, 0.15) is 0 Å². The minimum Gasteiger partial charge on any atom is -0.481 e. The molecule has 1 aromatic rings. The number of methoxy groups -OCH3 is 1. The normalized spacial score (nSPS) is 15.2. The van der Waals surface area contributed by atoms with Gasteiger partial charge in [-0.2, -0.15) is 4.98 Å². The highest BCUT2D eigenvalue weighted by Crippen LogP contribution is 2.29. The van der Waals surface area contributed by atoms with Crippen LogP contribution in [-0.4, -0.2) is 23.6 Å². The van der Waals surface area contributed by atoms with Crippen molar-refractivity contribution in [1.29, 1.82) is 0 Å². The van der Waals surface area contributed by atoms with Gasteiger partial charge in [0.15, 0.2) is 0 Å². The van der Waals surface area contributed by atoms with Gasteiger partial charge in [0.2, 0.25) is 11.7 Å². The smallest absolute Gasteiger partial charge is 0.311 e. The van der Waals surface area contributed by atoms with Crippen LogP contribution in [0, 0.1) is 16.0 Å². The molecule has 6 heteroatoms. The first-order chi connectivity index (χ1) is 9.70. The summed E-state index contributed by atoms with van der Waals surface area (Å²) in [6, 6.07) is 2.92. The summed E-state index contributed by atoms with van der Waals surface area (Å²) in [7, 11) is 1.50. The van der Waals surface area contributed by atoms with Gasteiger partial charge in [0.05, 0.1) is 12.0 Å². The number of hydrogen-bond acceptors (Lipinski definition) is 5. The minimum atomic E-state index is -0.425.